The van der Waals surface area contributed by atoms with Crippen LogP contribution in [0.1, 0.15) is 10.4 Å². The van der Waals surface area contributed by atoms with Gasteiger partial charge in [-0.2, -0.15) is 4.57 Å². The maximum absolute atomic E-state index is 11.0. The van der Waals surface area contributed by atoms with Gasteiger partial charge in [-0.25, -0.2) is 0 Å². The van der Waals surface area contributed by atoms with Gasteiger partial charge in [-0.3, -0.25) is 4.79 Å². The first-order chi connectivity index (χ1) is 7.27. The quantitative estimate of drug-likeness (QED) is 0.722. The molecule has 2 rings (SSSR count). The molecule has 3 heteroatoms. The summed E-state index contributed by atoms with van der Waals surface area (Å²) in [6, 6.07) is 13.0. The molecular formula is C12H11N2O+. The van der Waals surface area contributed by atoms with Crippen LogP contribution in [0.5, 0.6) is 0 Å². The Hall–Kier alpha value is -2.16. The van der Waals surface area contributed by atoms with Crippen molar-refractivity contribution in [1.82, 2.24) is 0 Å². The number of benzene rings is 1. The summed E-state index contributed by atoms with van der Waals surface area (Å²) in [5.74, 6) is -0.409. The zero-order chi connectivity index (χ0) is 10.7. The van der Waals surface area contributed by atoms with Crippen LogP contribution in [-0.4, -0.2) is 5.91 Å². The highest BCUT2D eigenvalue weighted by Gasteiger charge is 2.07. The first-order valence-electron chi connectivity index (χ1n) is 4.64. The number of nitrogens with zero attached hydrogens (tertiary/aromatic N) is 1. The number of aromatic nitrogens is 1. The average Bonchev–Trinajstić information content (AvgIpc) is 2.30. The summed E-state index contributed by atoms with van der Waals surface area (Å²) in [6.07, 6.45) is 3.83. The largest absolute Gasteiger partial charge is 0.366 e. The molecule has 0 saturated heterocycles. The van der Waals surface area contributed by atoms with Crippen LogP contribution in [-0.2, 0) is 0 Å². The summed E-state index contributed by atoms with van der Waals surface area (Å²) < 4.78 is 1.92. The monoisotopic (exact) mass is 199 g/mol. The van der Waals surface area contributed by atoms with Gasteiger partial charge < -0.3 is 5.73 Å². The van der Waals surface area contributed by atoms with Gasteiger partial charge in [-0.15, -0.1) is 0 Å². The van der Waals surface area contributed by atoms with E-state index in [4.69, 9.17) is 5.73 Å². The molecule has 15 heavy (non-hydrogen) atoms. The number of carbonyl (C=O) groups is 1. The van der Waals surface area contributed by atoms with Gasteiger partial charge >= 0.3 is 0 Å². The number of primary amides is 1. The molecule has 74 valence electrons. The molecule has 0 fully saturated rings. The van der Waals surface area contributed by atoms with Gasteiger partial charge in [0.05, 0.1) is 0 Å². The summed E-state index contributed by atoms with van der Waals surface area (Å²) in [7, 11) is 0. The first-order valence-corrected chi connectivity index (χ1v) is 4.64. The zero-order valence-electron chi connectivity index (χ0n) is 8.13. The molecule has 2 aromatic rings. The fourth-order valence-corrected chi connectivity index (χ4v) is 1.39. The lowest BCUT2D eigenvalue weighted by Gasteiger charge is -1.97. The Morgan fingerprint density at radius 1 is 1.07 bits per heavy atom. The Kier molecular flexibility index (Phi) is 2.46. The molecule has 2 N–H and O–H groups in total. The number of hydrogen-bond acceptors (Lipinski definition) is 1. The van der Waals surface area contributed by atoms with Gasteiger partial charge in [-0.1, -0.05) is 12.1 Å². The molecule has 0 radical (unpaired) electrons. The summed E-state index contributed by atoms with van der Waals surface area (Å²) in [6.45, 7) is 0. The summed E-state index contributed by atoms with van der Waals surface area (Å²) >= 11 is 0. The third kappa shape index (κ3) is 2.02. The highest BCUT2D eigenvalue weighted by molar-refractivity contribution is 5.93. The average molecular weight is 199 g/mol. The van der Waals surface area contributed by atoms with Crippen LogP contribution in [0.3, 0.4) is 0 Å². The third-order valence-electron chi connectivity index (χ3n) is 2.14. The predicted molar refractivity (Wildman–Crippen MR) is 56.5 cm³/mol. The van der Waals surface area contributed by atoms with Crippen molar-refractivity contribution in [1.29, 1.82) is 0 Å². The molecule has 0 atom stereocenters. The van der Waals surface area contributed by atoms with E-state index in [-0.39, 0.29) is 0 Å². The molecule has 0 saturated carbocycles. The summed E-state index contributed by atoms with van der Waals surface area (Å²) in [5.41, 5.74) is 6.65. The molecular weight excluding hydrogens is 188 g/mol. The van der Waals surface area contributed by atoms with Crippen molar-refractivity contribution in [2.45, 2.75) is 0 Å². The van der Waals surface area contributed by atoms with E-state index in [1.165, 1.54) is 0 Å². The van der Waals surface area contributed by atoms with Crippen LogP contribution in [0.15, 0.2) is 54.9 Å². The SMILES string of the molecule is NC(=O)c1cccc(-[n+]2ccccc2)c1. The van der Waals surface area contributed by atoms with E-state index in [1.807, 2.05) is 47.3 Å². The smallest absolute Gasteiger partial charge is 0.248 e. The lowest BCUT2D eigenvalue weighted by molar-refractivity contribution is -0.595. The molecule has 0 bridgehead atoms. The minimum Gasteiger partial charge on any atom is -0.366 e. The van der Waals surface area contributed by atoms with E-state index >= 15 is 0 Å². The Morgan fingerprint density at radius 2 is 1.80 bits per heavy atom. The molecule has 0 spiro atoms. The minimum absolute atomic E-state index is 0.409. The molecule has 1 aromatic carbocycles. The van der Waals surface area contributed by atoms with Gasteiger partial charge in [0.25, 0.3) is 0 Å². The van der Waals surface area contributed by atoms with E-state index in [0.717, 1.165) is 5.69 Å². The molecule has 0 aliphatic rings. The lowest BCUT2D eigenvalue weighted by Crippen LogP contribution is -2.29. The fraction of sp³-hybridized carbons (Fsp3) is 0. The number of rotatable bonds is 2. The predicted octanol–water partition coefficient (Wildman–Crippen LogP) is 1.06. The summed E-state index contributed by atoms with van der Waals surface area (Å²) in [5, 5.41) is 0. The van der Waals surface area contributed by atoms with Crippen LogP contribution in [0.2, 0.25) is 0 Å². The van der Waals surface area contributed by atoms with Crippen molar-refractivity contribution in [2.75, 3.05) is 0 Å². The molecule has 0 unspecified atom stereocenters. The van der Waals surface area contributed by atoms with Crippen molar-refractivity contribution in [3.63, 3.8) is 0 Å². The van der Waals surface area contributed by atoms with Crippen LogP contribution < -0.4 is 10.3 Å². The van der Waals surface area contributed by atoms with Gasteiger partial charge in [0.2, 0.25) is 11.6 Å². The third-order valence-corrected chi connectivity index (χ3v) is 2.14. The van der Waals surface area contributed by atoms with Crippen molar-refractivity contribution in [2.24, 2.45) is 5.73 Å². The number of pyridine rings is 1. The van der Waals surface area contributed by atoms with Gasteiger partial charge in [-0.05, 0) is 6.07 Å². The Balaban J connectivity index is 2.46. The van der Waals surface area contributed by atoms with E-state index in [0.29, 0.717) is 5.56 Å². The lowest BCUT2D eigenvalue weighted by atomic mass is 10.2. The minimum atomic E-state index is -0.409. The fourth-order valence-electron chi connectivity index (χ4n) is 1.39. The Morgan fingerprint density at radius 3 is 2.47 bits per heavy atom. The van der Waals surface area contributed by atoms with Crippen molar-refractivity contribution in [3.05, 3.63) is 60.4 Å². The molecule has 1 heterocycles. The van der Waals surface area contributed by atoms with Gasteiger partial charge in [0.1, 0.15) is 0 Å². The van der Waals surface area contributed by atoms with E-state index in [9.17, 15) is 4.79 Å². The van der Waals surface area contributed by atoms with E-state index in [1.54, 1.807) is 12.1 Å². The van der Waals surface area contributed by atoms with Gasteiger partial charge in [0, 0.05) is 29.8 Å². The molecule has 0 aliphatic heterocycles. The zero-order valence-corrected chi connectivity index (χ0v) is 8.13. The number of carbonyl (C=O) groups excluding carboxylic acids is 1. The van der Waals surface area contributed by atoms with Crippen molar-refractivity contribution in [3.8, 4) is 5.69 Å². The topological polar surface area (TPSA) is 47.0 Å². The normalized spacial score (nSPS) is 9.87. The first kappa shape index (κ1) is 9.40. The van der Waals surface area contributed by atoms with Gasteiger partial charge in [0.15, 0.2) is 12.4 Å². The highest BCUT2D eigenvalue weighted by atomic mass is 16.1. The van der Waals surface area contributed by atoms with Crippen molar-refractivity contribution < 1.29 is 9.36 Å². The number of nitrogens with two attached hydrogens (primary N) is 1. The second kappa shape index (κ2) is 3.92. The van der Waals surface area contributed by atoms with Crippen LogP contribution in [0, 0.1) is 0 Å². The molecule has 1 amide bonds. The Bertz CT molecular complexity index is 480. The molecule has 0 aliphatic carbocycles. The number of amides is 1. The van der Waals surface area contributed by atoms with E-state index < -0.39 is 5.91 Å². The van der Waals surface area contributed by atoms with Crippen LogP contribution >= 0.6 is 0 Å². The molecule has 1 aromatic heterocycles. The number of hydrogen-bond donors (Lipinski definition) is 1. The highest BCUT2D eigenvalue weighted by Crippen LogP contribution is 2.03. The van der Waals surface area contributed by atoms with Crippen molar-refractivity contribution >= 4 is 5.91 Å². The molecule has 3 nitrogen and oxygen atoms in total. The second-order valence-corrected chi connectivity index (χ2v) is 3.20. The summed E-state index contributed by atoms with van der Waals surface area (Å²) in [4.78, 5) is 11.0. The van der Waals surface area contributed by atoms with E-state index in [2.05, 4.69) is 0 Å². The second-order valence-electron chi connectivity index (χ2n) is 3.20. The Labute approximate surface area is 87.8 Å². The van der Waals surface area contributed by atoms with Crippen LogP contribution in [0.4, 0.5) is 0 Å². The van der Waals surface area contributed by atoms with Crippen LogP contribution in [0.25, 0.3) is 5.69 Å². The maximum atomic E-state index is 11.0. The maximum Gasteiger partial charge on any atom is 0.248 e. The standard InChI is InChI=1S/C12H10N2O/c13-12(15)10-5-4-6-11(9-10)14-7-2-1-3-8-14/h1-9H,(H-,13,15)/p+1.